The van der Waals surface area contributed by atoms with Crippen molar-refractivity contribution in [1.82, 2.24) is 0 Å². The number of nitrogens with zero attached hydrogens (tertiary/aromatic N) is 3. The van der Waals surface area contributed by atoms with Crippen molar-refractivity contribution in [3.8, 4) is 0 Å². The minimum atomic E-state index is -0.336. The molecule has 0 unspecified atom stereocenters. The summed E-state index contributed by atoms with van der Waals surface area (Å²) in [6.45, 7) is 16.8. The number of hydrogen-bond donors (Lipinski definition) is 0. The smallest absolute Gasteiger partial charge is 0.269 e. The first-order chi connectivity index (χ1) is 16.3. The van der Waals surface area contributed by atoms with E-state index in [2.05, 4.69) is 87.7 Å². The van der Waals surface area contributed by atoms with Crippen molar-refractivity contribution in [2.45, 2.75) is 47.5 Å². The van der Waals surface area contributed by atoms with Gasteiger partial charge in [0.2, 0.25) is 0 Å². The molecule has 0 amide bonds. The maximum absolute atomic E-state index is 11.3. The van der Waals surface area contributed by atoms with Crippen LogP contribution in [0.25, 0.3) is 0 Å². The molecule has 180 valence electrons. The molecule has 0 atom stereocenters. The third kappa shape index (κ3) is 5.24. The van der Waals surface area contributed by atoms with Crippen molar-refractivity contribution < 1.29 is 4.92 Å². The molecule has 0 radical (unpaired) electrons. The van der Waals surface area contributed by atoms with Crippen molar-refractivity contribution in [3.63, 3.8) is 0 Å². The number of non-ortho nitro benzene ring substituents is 1. The number of nitro benzene ring substituents is 1. The van der Waals surface area contributed by atoms with Gasteiger partial charge in [-0.05, 0) is 93.6 Å². The molecule has 0 saturated heterocycles. The van der Waals surface area contributed by atoms with Gasteiger partial charge in [0.15, 0.2) is 0 Å². The lowest BCUT2D eigenvalue weighted by atomic mass is 9.80. The first-order valence-corrected chi connectivity index (χ1v) is 12.3. The van der Waals surface area contributed by atoms with Crippen molar-refractivity contribution in [3.05, 3.63) is 98.6 Å². The van der Waals surface area contributed by atoms with Crippen LogP contribution in [0, 0.1) is 24.0 Å². The van der Waals surface area contributed by atoms with Crippen LogP contribution in [0.3, 0.4) is 0 Å². The van der Waals surface area contributed by atoms with Crippen LogP contribution in [0.15, 0.2) is 60.7 Å². The monoisotopic (exact) mass is 459 g/mol. The van der Waals surface area contributed by atoms with E-state index in [4.69, 9.17) is 0 Å². The lowest BCUT2D eigenvalue weighted by Crippen LogP contribution is -2.23. The third-order valence-corrected chi connectivity index (χ3v) is 6.84. The summed E-state index contributed by atoms with van der Waals surface area (Å²) in [4.78, 5) is 15.7. The molecular weight excluding hydrogens is 422 g/mol. The van der Waals surface area contributed by atoms with Gasteiger partial charge in [-0.2, -0.15) is 0 Å². The highest BCUT2D eigenvalue weighted by molar-refractivity contribution is 5.60. The summed E-state index contributed by atoms with van der Waals surface area (Å²) in [5.41, 5.74) is 8.48. The second kappa shape index (κ2) is 11.2. The van der Waals surface area contributed by atoms with Crippen molar-refractivity contribution in [2.75, 3.05) is 36.0 Å². The molecule has 5 heteroatoms. The van der Waals surface area contributed by atoms with Gasteiger partial charge in [-0.3, -0.25) is 10.1 Å². The summed E-state index contributed by atoms with van der Waals surface area (Å²) in [7, 11) is 0. The predicted molar refractivity (Wildman–Crippen MR) is 144 cm³/mol. The second-order valence-corrected chi connectivity index (χ2v) is 8.71. The molecule has 0 aromatic heterocycles. The van der Waals surface area contributed by atoms with Crippen LogP contribution in [-0.2, 0) is 0 Å². The molecule has 0 bridgehead atoms. The van der Waals surface area contributed by atoms with E-state index < -0.39 is 0 Å². The van der Waals surface area contributed by atoms with Gasteiger partial charge in [0, 0.05) is 55.6 Å². The molecule has 3 aromatic rings. The van der Waals surface area contributed by atoms with Crippen LogP contribution < -0.4 is 9.80 Å². The zero-order valence-electron chi connectivity index (χ0n) is 21.3. The summed E-state index contributed by atoms with van der Waals surface area (Å²) >= 11 is 0. The third-order valence-electron chi connectivity index (χ3n) is 6.84. The van der Waals surface area contributed by atoms with E-state index in [0.717, 1.165) is 31.7 Å². The fourth-order valence-corrected chi connectivity index (χ4v) is 4.76. The van der Waals surface area contributed by atoms with E-state index in [-0.39, 0.29) is 16.5 Å². The van der Waals surface area contributed by atoms with Gasteiger partial charge in [-0.25, -0.2) is 0 Å². The summed E-state index contributed by atoms with van der Waals surface area (Å²) in [5, 5.41) is 11.3. The first kappa shape index (κ1) is 25.3. The second-order valence-electron chi connectivity index (χ2n) is 8.71. The Hall–Kier alpha value is -3.34. The molecule has 3 aromatic carbocycles. The SMILES string of the molecule is CCN(CC)c1ccc(C)c(C(c2ccc([N+](=O)[O-])cc2)c2cc(N(CC)CC)ccc2C)c1. The molecule has 0 N–H and O–H groups in total. The average molecular weight is 460 g/mol. The maximum atomic E-state index is 11.3. The molecule has 0 spiro atoms. The Labute approximate surface area is 204 Å². The molecule has 0 aliphatic heterocycles. The van der Waals surface area contributed by atoms with Crippen LogP contribution in [0.1, 0.15) is 61.4 Å². The van der Waals surface area contributed by atoms with Crippen molar-refractivity contribution in [1.29, 1.82) is 0 Å². The molecule has 3 rings (SSSR count). The molecule has 0 saturated carbocycles. The molecular formula is C29H37N3O2. The van der Waals surface area contributed by atoms with Gasteiger partial charge in [-0.1, -0.05) is 24.3 Å². The average Bonchev–Trinajstić information content (AvgIpc) is 2.84. The number of benzene rings is 3. The summed E-state index contributed by atoms with van der Waals surface area (Å²) in [5.74, 6) is -0.0215. The highest BCUT2D eigenvalue weighted by Gasteiger charge is 2.23. The number of aryl methyl sites for hydroxylation is 2. The van der Waals surface area contributed by atoms with E-state index >= 15 is 0 Å². The Balaban J connectivity index is 2.26. The Morgan fingerprint density at radius 1 is 0.706 bits per heavy atom. The van der Waals surface area contributed by atoms with Gasteiger partial charge in [-0.15, -0.1) is 0 Å². The van der Waals surface area contributed by atoms with E-state index in [1.807, 2.05) is 12.1 Å². The molecule has 0 aliphatic carbocycles. The Kier molecular flexibility index (Phi) is 8.32. The van der Waals surface area contributed by atoms with Gasteiger partial charge in [0.1, 0.15) is 0 Å². The van der Waals surface area contributed by atoms with Crippen LogP contribution in [-0.4, -0.2) is 31.1 Å². The Morgan fingerprint density at radius 2 is 1.12 bits per heavy atom. The predicted octanol–water partition coefficient (Wildman–Crippen LogP) is 7.08. The molecule has 0 heterocycles. The van der Waals surface area contributed by atoms with Crippen LogP contribution in [0.2, 0.25) is 0 Å². The number of nitro groups is 1. The Morgan fingerprint density at radius 3 is 1.47 bits per heavy atom. The van der Waals surface area contributed by atoms with Gasteiger partial charge in [0.25, 0.3) is 5.69 Å². The molecule has 5 nitrogen and oxygen atoms in total. The Bertz CT molecular complexity index is 1060. The number of rotatable bonds is 10. The van der Waals surface area contributed by atoms with Crippen LogP contribution in [0.5, 0.6) is 0 Å². The largest absolute Gasteiger partial charge is 0.372 e. The lowest BCUT2D eigenvalue weighted by Gasteiger charge is -2.28. The molecule has 0 aliphatic rings. The minimum Gasteiger partial charge on any atom is -0.372 e. The van der Waals surface area contributed by atoms with E-state index in [1.165, 1.54) is 33.6 Å². The highest BCUT2D eigenvalue weighted by atomic mass is 16.6. The molecule has 0 fully saturated rings. The minimum absolute atomic E-state index is 0.0215. The molecule has 34 heavy (non-hydrogen) atoms. The van der Waals surface area contributed by atoms with Crippen LogP contribution >= 0.6 is 0 Å². The quantitative estimate of drug-likeness (QED) is 0.185. The zero-order valence-corrected chi connectivity index (χ0v) is 21.3. The summed E-state index contributed by atoms with van der Waals surface area (Å²) < 4.78 is 0. The van der Waals surface area contributed by atoms with E-state index in [1.54, 1.807) is 12.1 Å². The maximum Gasteiger partial charge on any atom is 0.269 e. The topological polar surface area (TPSA) is 49.6 Å². The van der Waals surface area contributed by atoms with Gasteiger partial charge >= 0.3 is 0 Å². The van der Waals surface area contributed by atoms with Crippen molar-refractivity contribution in [2.24, 2.45) is 0 Å². The first-order valence-electron chi connectivity index (χ1n) is 12.3. The lowest BCUT2D eigenvalue weighted by molar-refractivity contribution is -0.384. The standard InChI is InChI=1S/C29H37N3O2/c1-7-30(8-2)25-15-11-21(5)27(19-25)29(23-13-17-24(18-14-23)32(33)34)28-20-26(16-12-22(28)6)31(9-3)10-4/h11-20,29H,7-10H2,1-6H3. The van der Waals surface area contributed by atoms with Gasteiger partial charge < -0.3 is 9.80 Å². The zero-order chi connectivity index (χ0) is 24.8. The fraction of sp³-hybridized carbons (Fsp3) is 0.379. The van der Waals surface area contributed by atoms with E-state index in [9.17, 15) is 10.1 Å². The van der Waals surface area contributed by atoms with Crippen LogP contribution in [0.4, 0.5) is 17.1 Å². The summed E-state index contributed by atoms with van der Waals surface area (Å²) in [6.07, 6.45) is 0. The van der Waals surface area contributed by atoms with Gasteiger partial charge in [0.05, 0.1) is 4.92 Å². The van der Waals surface area contributed by atoms with Crippen molar-refractivity contribution >= 4 is 17.1 Å². The van der Waals surface area contributed by atoms with E-state index in [0.29, 0.717) is 0 Å². The number of hydrogen-bond acceptors (Lipinski definition) is 4. The fourth-order valence-electron chi connectivity index (χ4n) is 4.76. The highest BCUT2D eigenvalue weighted by Crippen LogP contribution is 2.39. The summed E-state index contributed by atoms with van der Waals surface area (Å²) in [6, 6.07) is 20.5. The number of anilines is 2. The normalized spacial score (nSPS) is 11.0.